The third kappa shape index (κ3) is 3.34. The Labute approximate surface area is 206 Å². The number of aromatic amines is 1. The number of fused-ring (bicyclic) bond motifs is 2. The molecular formula is C27H36N4O4. The predicted molar refractivity (Wildman–Crippen MR) is 127 cm³/mol. The number of nitrogens with zero attached hydrogens (tertiary/aromatic N) is 3. The first-order valence-electron chi connectivity index (χ1n) is 13.3. The van der Waals surface area contributed by atoms with Gasteiger partial charge in [0.15, 0.2) is 0 Å². The second-order valence-corrected chi connectivity index (χ2v) is 12.9. The Morgan fingerprint density at radius 3 is 1.94 bits per heavy atom. The molecule has 0 aromatic carbocycles. The van der Waals surface area contributed by atoms with Gasteiger partial charge in [-0.2, -0.15) is 9.78 Å². The van der Waals surface area contributed by atoms with Gasteiger partial charge in [-0.1, -0.05) is 0 Å². The monoisotopic (exact) mass is 480 g/mol. The highest BCUT2D eigenvalue weighted by Crippen LogP contribution is 2.93. The lowest BCUT2D eigenvalue weighted by molar-refractivity contribution is 0.0511. The van der Waals surface area contributed by atoms with Gasteiger partial charge in [-0.15, -0.1) is 5.10 Å². The van der Waals surface area contributed by atoms with Crippen molar-refractivity contribution >= 4 is 6.09 Å². The lowest BCUT2D eigenvalue weighted by Gasteiger charge is -2.18. The zero-order valence-corrected chi connectivity index (χ0v) is 21.0. The molecule has 0 aliphatic heterocycles. The quantitative estimate of drug-likeness (QED) is 0.610. The van der Waals surface area contributed by atoms with Crippen molar-refractivity contribution in [1.82, 2.24) is 20.0 Å². The Morgan fingerprint density at radius 1 is 0.943 bits per heavy atom. The Bertz CT molecular complexity index is 1090. The highest BCUT2D eigenvalue weighted by Gasteiger charge is 2.87. The number of aromatic nitrogens is 4. The van der Waals surface area contributed by atoms with Crippen molar-refractivity contribution < 1.29 is 19.0 Å². The highest BCUT2D eigenvalue weighted by molar-refractivity contribution is 5.69. The summed E-state index contributed by atoms with van der Waals surface area (Å²) in [4.78, 5) is 11.9. The second-order valence-electron chi connectivity index (χ2n) is 12.9. The Balaban J connectivity index is 0.000000129. The van der Waals surface area contributed by atoms with Gasteiger partial charge in [0, 0.05) is 30.2 Å². The molecule has 6 aliphatic rings. The summed E-state index contributed by atoms with van der Waals surface area (Å²) in [6.45, 7) is 7.16. The van der Waals surface area contributed by atoms with Crippen molar-refractivity contribution in [3.8, 4) is 11.8 Å². The van der Waals surface area contributed by atoms with Crippen molar-refractivity contribution in [3.63, 3.8) is 0 Å². The smallest absolute Gasteiger partial charge is 0.435 e. The molecule has 6 saturated carbocycles. The fourth-order valence-corrected chi connectivity index (χ4v) is 7.70. The van der Waals surface area contributed by atoms with Crippen LogP contribution in [0.4, 0.5) is 4.79 Å². The molecule has 4 spiro atoms. The summed E-state index contributed by atoms with van der Waals surface area (Å²) in [7, 11) is 0. The van der Waals surface area contributed by atoms with E-state index in [0.29, 0.717) is 16.7 Å². The number of H-pyrrole nitrogens is 1. The molecule has 1 N–H and O–H groups in total. The van der Waals surface area contributed by atoms with Crippen LogP contribution in [-0.4, -0.2) is 44.9 Å². The molecule has 2 heterocycles. The van der Waals surface area contributed by atoms with Crippen LogP contribution < -0.4 is 9.47 Å². The molecule has 0 unspecified atom stereocenters. The van der Waals surface area contributed by atoms with E-state index in [1.165, 1.54) is 56.0 Å². The van der Waals surface area contributed by atoms with Crippen LogP contribution >= 0.6 is 0 Å². The average Bonchev–Trinajstić information content (AvgIpc) is 3.54. The first-order chi connectivity index (χ1) is 16.7. The van der Waals surface area contributed by atoms with E-state index in [2.05, 4.69) is 15.3 Å². The normalized spacial score (nSPS) is 26.3. The van der Waals surface area contributed by atoms with E-state index >= 15 is 0 Å². The van der Waals surface area contributed by atoms with Crippen LogP contribution in [0, 0.1) is 33.5 Å². The Morgan fingerprint density at radius 2 is 1.49 bits per heavy atom. The molecule has 2 aromatic heterocycles. The maximum absolute atomic E-state index is 11.9. The van der Waals surface area contributed by atoms with Crippen molar-refractivity contribution in [2.45, 2.75) is 77.7 Å². The minimum Gasteiger partial charge on any atom is -0.478 e. The standard InChI is InChI=1S/C16H22N2O3.C11H14N2O/c1-14(2,3)21-13(19)18-9-4-12(17-18)20-10-11-15(5-6-15)16(11)7-8-16;1-6-12-13-9(1)14-7-8-10(2-3-10)11(8)4-5-11/h4,9,11H,5-8,10H2,1-3H3;1,6,8H,2-5,7H2,(H,12,13). The Hall–Kier alpha value is -2.51. The number of hydrogen-bond acceptors (Lipinski definition) is 6. The van der Waals surface area contributed by atoms with Crippen LogP contribution in [0.15, 0.2) is 24.5 Å². The fourth-order valence-electron chi connectivity index (χ4n) is 7.70. The molecule has 35 heavy (non-hydrogen) atoms. The molecule has 8 heteroatoms. The summed E-state index contributed by atoms with van der Waals surface area (Å²) in [5, 5.41) is 10.9. The molecule has 0 atom stereocenters. The van der Waals surface area contributed by atoms with Crippen molar-refractivity contribution in [2.24, 2.45) is 33.5 Å². The number of nitrogens with one attached hydrogen (secondary N) is 1. The second kappa shape index (κ2) is 6.83. The SMILES string of the molecule is CC(C)(C)OC(=O)n1ccc(OCC2C3(CC3)C23CC3)n1.c1cc(OCC2C3(CC3)C23CC3)[nH]n1. The van der Waals surface area contributed by atoms with E-state index in [-0.39, 0.29) is 0 Å². The first kappa shape index (κ1) is 21.7. The molecule has 0 bridgehead atoms. The van der Waals surface area contributed by atoms with Crippen molar-refractivity contribution in [2.75, 3.05) is 13.2 Å². The largest absolute Gasteiger partial charge is 0.478 e. The predicted octanol–water partition coefficient (Wildman–Crippen LogP) is 5.21. The summed E-state index contributed by atoms with van der Waals surface area (Å²) in [6.07, 6.45) is 14.2. The van der Waals surface area contributed by atoms with E-state index < -0.39 is 11.7 Å². The van der Waals surface area contributed by atoms with Crippen molar-refractivity contribution in [3.05, 3.63) is 24.5 Å². The lowest BCUT2D eigenvalue weighted by atomic mass is 10.2. The molecule has 188 valence electrons. The van der Waals surface area contributed by atoms with Gasteiger partial charge in [-0.05, 0) is 93.8 Å². The molecule has 0 radical (unpaired) electrons. The molecule has 6 aliphatic carbocycles. The number of carbonyl (C=O) groups is 1. The van der Waals surface area contributed by atoms with Crippen LogP contribution in [0.2, 0.25) is 0 Å². The zero-order valence-electron chi connectivity index (χ0n) is 21.0. The van der Waals surface area contributed by atoms with E-state index in [0.717, 1.165) is 41.8 Å². The fraction of sp³-hybridized carbons (Fsp3) is 0.741. The summed E-state index contributed by atoms with van der Waals surface area (Å²) in [5.41, 5.74) is 2.27. The molecule has 0 amide bonds. The molecular weight excluding hydrogens is 444 g/mol. The molecule has 8 nitrogen and oxygen atoms in total. The third-order valence-corrected chi connectivity index (χ3v) is 10.1. The molecule has 0 saturated heterocycles. The van der Waals surface area contributed by atoms with Gasteiger partial charge in [0.2, 0.25) is 11.8 Å². The highest BCUT2D eigenvalue weighted by atomic mass is 16.6. The summed E-state index contributed by atoms with van der Waals surface area (Å²) >= 11 is 0. The molecule has 8 rings (SSSR count). The maximum Gasteiger partial charge on any atom is 0.435 e. The zero-order chi connectivity index (χ0) is 24.1. The Kier molecular flexibility index (Phi) is 4.24. The van der Waals surface area contributed by atoms with E-state index in [9.17, 15) is 4.79 Å². The maximum atomic E-state index is 11.9. The summed E-state index contributed by atoms with van der Waals surface area (Å²) in [5.74, 6) is 2.91. The van der Waals surface area contributed by atoms with E-state index in [1.54, 1.807) is 18.5 Å². The van der Waals surface area contributed by atoms with Crippen LogP contribution in [0.3, 0.4) is 0 Å². The molecule has 6 fully saturated rings. The van der Waals surface area contributed by atoms with Gasteiger partial charge >= 0.3 is 6.09 Å². The van der Waals surface area contributed by atoms with Gasteiger partial charge in [0.1, 0.15) is 5.60 Å². The lowest BCUT2D eigenvalue weighted by Crippen LogP contribution is -2.27. The van der Waals surface area contributed by atoms with Gasteiger partial charge in [-0.25, -0.2) is 9.89 Å². The number of carbonyl (C=O) groups excluding carboxylic acids is 1. The van der Waals surface area contributed by atoms with E-state index in [4.69, 9.17) is 14.2 Å². The van der Waals surface area contributed by atoms with Crippen molar-refractivity contribution in [1.29, 1.82) is 0 Å². The van der Waals surface area contributed by atoms with E-state index in [1.807, 2.05) is 26.8 Å². The number of ether oxygens (including phenoxy) is 3. The van der Waals surface area contributed by atoms with Gasteiger partial charge < -0.3 is 14.2 Å². The van der Waals surface area contributed by atoms with Crippen LogP contribution in [-0.2, 0) is 4.74 Å². The van der Waals surface area contributed by atoms with Gasteiger partial charge in [0.25, 0.3) is 0 Å². The third-order valence-electron chi connectivity index (χ3n) is 10.1. The van der Waals surface area contributed by atoms with Crippen LogP contribution in [0.5, 0.6) is 11.8 Å². The van der Waals surface area contributed by atoms with Crippen LogP contribution in [0.25, 0.3) is 0 Å². The number of rotatable bonds is 6. The number of hydrogen-bond donors (Lipinski definition) is 1. The average molecular weight is 481 g/mol. The molecule has 2 aromatic rings. The van der Waals surface area contributed by atoms with Crippen LogP contribution in [0.1, 0.15) is 72.1 Å². The minimum absolute atomic E-state index is 0.471. The summed E-state index contributed by atoms with van der Waals surface area (Å²) < 4.78 is 18.0. The van der Waals surface area contributed by atoms with Gasteiger partial charge in [0.05, 0.1) is 19.4 Å². The topological polar surface area (TPSA) is 91.3 Å². The first-order valence-corrected chi connectivity index (χ1v) is 13.3. The summed E-state index contributed by atoms with van der Waals surface area (Å²) in [6, 6.07) is 3.62. The minimum atomic E-state index is -0.519. The van der Waals surface area contributed by atoms with Gasteiger partial charge in [-0.3, -0.25) is 0 Å².